The summed E-state index contributed by atoms with van der Waals surface area (Å²) in [7, 11) is 0. The Hall–Kier alpha value is -9.16. The molecule has 7 aliphatic heterocycles. The number of aliphatic hydroxyl groups excluding tert-OH is 6. The van der Waals surface area contributed by atoms with Crippen molar-refractivity contribution >= 4 is 71.1 Å². The lowest BCUT2D eigenvalue weighted by atomic mass is 9.53. The van der Waals surface area contributed by atoms with Crippen LogP contribution in [0.2, 0.25) is 0 Å². The first-order chi connectivity index (χ1) is 64.6. The van der Waals surface area contributed by atoms with Crippen molar-refractivity contribution in [2.75, 3.05) is 0 Å². The average Bonchev–Trinajstić information content (AvgIpc) is 1.44. The van der Waals surface area contributed by atoms with E-state index in [0.717, 1.165) is 82.6 Å². The summed E-state index contributed by atoms with van der Waals surface area (Å²) in [6.45, 7) is 60.0. The molecule has 0 aromatic carbocycles. The van der Waals surface area contributed by atoms with Gasteiger partial charge in [0.2, 0.25) is 0 Å². The second kappa shape index (κ2) is 38.3. The van der Waals surface area contributed by atoms with Crippen LogP contribution < -0.4 is 0 Å². The third-order valence-corrected chi connectivity index (χ3v) is 38.0. The van der Waals surface area contributed by atoms with Gasteiger partial charge in [-0.3, -0.25) is 19.2 Å². The number of rotatable bonds is 3. The predicted octanol–water partition coefficient (Wildman–Crippen LogP) is 12.6. The minimum atomic E-state index is -0.874. The highest BCUT2D eigenvalue weighted by Gasteiger charge is 2.68. The van der Waals surface area contributed by atoms with E-state index in [1.807, 2.05) is 47.6 Å². The molecule has 0 radical (unpaired) electrons. The van der Waals surface area contributed by atoms with E-state index >= 15 is 0 Å². The van der Waals surface area contributed by atoms with Crippen molar-refractivity contribution in [2.24, 2.45) is 134 Å². The minimum Gasteiger partial charge on any atom is -0.461 e. The van der Waals surface area contributed by atoms with E-state index in [4.69, 9.17) is 42.6 Å². The number of ether oxygens (including phenoxy) is 9. The zero-order valence-electron chi connectivity index (χ0n) is 82.4. The number of Topliss-reactive ketones (excluding diaryl/α,β-unsaturated/α-hetero) is 2. The van der Waals surface area contributed by atoms with Gasteiger partial charge in [0.1, 0.15) is 66.5 Å². The van der Waals surface area contributed by atoms with Crippen LogP contribution in [0.25, 0.3) is 0 Å². The van der Waals surface area contributed by atoms with E-state index in [1.165, 1.54) is 23.6 Å². The zero-order chi connectivity index (χ0) is 101. The number of allylic oxidation sites excluding steroid dienone is 4. The van der Waals surface area contributed by atoms with Gasteiger partial charge in [0.25, 0.3) is 0 Å². The van der Waals surface area contributed by atoms with Crippen LogP contribution in [0.4, 0.5) is 0 Å². The molecule has 0 aromatic heterocycles. The Kier molecular flexibility index (Phi) is 28.6. The molecule has 21 aliphatic rings. The van der Waals surface area contributed by atoms with Crippen molar-refractivity contribution in [2.45, 2.75) is 328 Å². The molecule has 0 aromatic rings. The van der Waals surface area contributed by atoms with Crippen LogP contribution in [-0.4, -0.2) is 204 Å². The molecule has 7 N–H and O–H groups in total. The van der Waals surface area contributed by atoms with Gasteiger partial charge in [-0.05, 0) is 222 Å². The lowest BCUT2D eigenvalue weighted by Crippen LogP contribution is -2.58. The summed E-state index contributed by atoms with van der Waals surface area (Å²) in [6, 6.07) is 0. The van der Waals surface area contributed by atoms with Crippen LogP contribution in [0.15, 0.2) is 144 Å². The second-order valence-corrected chi connectivity index (χ2v) is 45.8. The predicted molar refractivity (Wildman–Crippen MR) is 502 cm³/mol. The average molecular weight is 1910 g/mol. The molecule has 0 spiro atoms. The number of carbonyl (C=O) groups excluding carboxylic acids is 12. The van der Waals surface area contributed by atoms with Gasteiger partial charge in [-0.2, -0.15) is 0 Å². The molecular weight excluding hydrogens is 1770 g/mol. The molecule has 19 fully saturated rings. The number of carbonyl (C=O) groups is 12. The lowest BCUT2D eigenvalue weighted by molar-refractivity contribution is -0.175. The van der Waals surface area contributed by atoms with Crippen molar-refractivity contribution in [3.05, 3.63) is 144 Å². The standard InChI is InChI=1S/C20H26O5.C17H20O5.C15H22O4.C15H20O4.2C15H20O3.C13H16O4/c1-6-10(2)18(22)24-13-9-20(5)14(21)8-7-11(3)16(20)17-15(13)12(4)19(23)25-17;1-8-7-12-14(9(2)16(20)22-12)15(21-10(3)18)17(4)11(8)5-6-13(17)19;1-7-4-12-9(8(2)14(18)19-12)6-15(3)10(7)5-11(16)13(15)17;1-7-6-10-12(8(2)14(18)19-10)13(17)15(3)9(7)4-5-11(15)16;1-8-6-13-11(9(2)14(16)18-13)7-12-10(8)4-5-15(12,3)17;1-8-4-5-13(16)15(3)7-12-10(6-11(8)15)9(2)14(17)18-12;1-6-8-4-9-7(10(14)5-11(9)15)2-3-12(8)17-13(6)16/h6,13-17,21H,3-4,7-9H2,1-2,5H3;5-6,8,11-12,14-15H,2,7H2,1,3-4H3;7,9-13,16-17H,2,4-6H2,1,3H3;7,9-10,12-13,17H,2,4-6H2,1,3H3;11-13,17H,2,4-7H2,1,3H3;10-13,16H,1-2,4-7H2,3H3;7-10,12,14H,1-5H2/b10-6-;;;;;;/t13-,14-,15-,16-,17+,20+;8-,11+,12+,14-,15-,17+;7-,9-,10+,11-,12+,13-,15+;7-,9+,10+,12-,13+,15+;11-,12?,13-,15-;10-,11+,12-,13-,15-;7-,8+,9-,10-,12+/m1111110/s1. The fourth-order valence-corrected chi connectivity index (χ4v) is 29.6. The van der Waals surface area contributed by atoms with Crippen LogP contribution in [0.5, 0.6) is 0 Å². The van der Waals surface area contributed by atoms with Crippen molar-refractivity contribution in [3.8, 4) is 0 Å². The van der Waals surface area contributed by atoms with E-state index in [9.17, 15) is 93.3 Å². The highest BCUT2D eigenvalue weighted by atomic mass is 16.6. The number of ketones is 3. The van der Waals surface area contributed by atoms with Crippen LogP contribution in [0.1, 0.15) is 231 Å². The van der Waals surface area contributed by atoms with E-state index in [0.29, 0.717) is 108 Å². The van der Waals surface area contributed by atoms with Crippen LogP contribution in [0.3, 0.4) is 0 Å². The molecule has 0 amide bonds. The third kappa shape index (κ3) is 17.7. The van der Waals surface area contributed by atoms with Gasteiger partial charge in [-0.1, -0.05) is 135 Å². The Labute approximate surface area is 809 Å². The van der Waals surface area contributed by atoms with Crippen molar-refractivity contribution in [1.29, 1.82) is 0 Å². The minimum absolute atomic E-state index is 0.00935. The van der Waals surface area contributed by atoms with Gasteiger partial charge in [0, 0.05) is 123 Å². The Balaban J connectivity index is 0.000000122. The van der Waals surface area contributed by atoms with Crippen molar-refractivity contribution < 1.29 is 136 Å². The molecule has 39 atom stereocenters. The number of fused-ring (bicyclic) bond motifs is 15. The van der Waals surface area contributed by atoms with Gasteiger partial charge >= 0.3 is 53.7 Å². The Morgan fingerprint density at radius 2 is 0.971 bits per heavy atom. The monoisotopic (exact) mass is 1910 g/mol. The molecule has 14 aliphatic carbocycles. The normalized spacial score (nSPS) is 46.0. The highest BCUT2D eigenvalue weighted by molar-refractivity contribution is 6.00. The SMILES string of the molecule is C=C1C(=O)O[C@@H]2CC(C)=C3CC[C@@](C)(O)C3C[C@H]12.C=C1C(=O)O[C@@H]2CC[C@H]3[C@H](C[C@H]12)C(=O)C[C@@H]3O.C=C1C(=O)O[C@@H]2C[C@@]3(C)[C@H](O)CCC(=C)[C@@H]3C[C@H]12.C=C1C(=O)O[C@H]2C[C@@H](C)[C@@H]3C=CC(=O)[C@@]3(C)[C@H](OC(C)=O)[C@H]12.C=C1C(=O)O[C@H]2C[C@@H](C)[C@@H]3CCC(=O)[C@@]3(C)[C@@H](O)[C@H]12.C=C1C(=O)O[C@H]2C[C@@H](C)[C@@H]3C[C@@H](O)[C@@H](O)[C@@]3(C)C[C@H]12.C=C1C(=O)O[C@H]2[C@H]1[C@H](OC(=O)/C(C)=C\C)C[C@@]1(C)[C@H](O)CCC(=C)[C@H]21. The first-order valence-electron chi connectivity index (χ1n) is 50.0. The number of aliphatic hydroxyl groups is 7. The lowest BCUT2D eigenvalue weighted by Gasteiger charge is -2.54. The summed E-state index contributed by atoms with van der Waals surface area (Å²) in [4.78, 5) is 143. The maximum atomic E-state index is 12.6. The smallest absolute Gasteiger partial charge is 0.334 e. The van der Waals surface area contributed by atoms with Crippen molar-refractivity contribution in [1.82, 2.24) is 0 Å². The molecule has 7 heterocycles. The maximum Gasteiger partial charge on any atom is 0.334 e. The van der Waals surface area contributed by atoms with Crippen LogP contribution in [-0.2, 0) is 100 Å². The highest BCUT2D eigenvalue weighted by Crippen LogP contribution is 2.64. The quantitative estimate of drug-likeness (QED) is 0.0597. The Morgan fingerprint density at radius 3 is 1.60 bits per heavy atom. The van der Waals surface area contributed by atoms with Gasteiger partial charge < -0.3 is 78.4 Å². The molecule has 12 saturated carbocycles. The zero-order valence-corrected chi connectivity index (χ0v) is 82.4. The van der Waals surface area contributed by atoms with Crippen LogP contribution in [0, 0.1) is 134 Å². The van der Waals surface area contributed by atoms with Gasteiger partial charge in [0.05, 0.1) is 70.8 Å². The first kappa shape index (κ1) is 103. The molecule has 7 saturated heterocycles. The fourth-order valence-electron chi connectivity index (χ4n) is 29.6. The van der Waals surface area contributed by atoms with Crippen LogP contribution >= 0.6 is 0 Å². The van der Waals surface area contributed by atoms with E-state index < -0.39 is 112 Å². The molecule has 1 unspecified atom stereocenters. The molecule has 138 heavy (non-hydrogen) atoms. The summed E-state index contributed by atoms with van der Waals surface area (Å²) >= 11 is 0. The summed E-state index contributed by atoms with van der Waals surface area (Å²) in [5.41, 5.74) is 5.24. The number of hydrogen-bond donors (Lipinski definition) is 7. The van der Waals surface area contributed by atoms with Gasteiger partial charge in [-0.15, -0.1) is 0 Å². The first-order valence-corrected chi connectivity index (χ1v) is 50.0. The summed E-state index contributed by atoms with van der Waals surface area (Å²) in [5, 5.41) is 72.5. The number of hydrogen-bond acceptors (Lipinski definition) is 28. The second-order valence-electron chi connectivity index (χ2n) is 45.8. The largest absolute Gasteiger partial charge is 0.461 e. The maximum absolute atomic E-state index is 12.6. The molecular formula is C110H144O28. The molecule has 0 bridgehead atoms. The fraction of sp³-hybridized carbons (Fsp3) is 0.673. The Bertz CT molecular complexity index is 5240. The topological polar surface area (TPSA) is 430 Å². The summed E-state index contributed by atoms with van der Waals surface area (Å²) < 4.78 is 49.1. The van der Waals surface area contributed by atoms with Gasteiger partial charge in [-0.25, -0.2) is 38.4 Å². The molecule has 28 heteroatoms. The van der Waals surface area contributed by atoms with E-state index in [2.05, 4.69) is 86.9 Å². The van der Waals surface area contributed by atoms with E-state index in [1.54, 1.807) is 26.0 Å². The Morgan fingerprint density at radius 1 is 0.457 bits per heavy atom. The van der Waals surface area contributed by atoms with E-state index in [-0.39, 0.29) is 190 Å². The summed E-state index contributed by atoms with van der Waals surface area (Å²) in [5.74, 6) is -2.86. The van der Waals surface area contributed by atoms with Crippen molar-refractivity contribution in [3.63, 3.8) is 0 Å². The number of esters is 9. The van der Waals surface area contributed by atoms with Gasteiger partial charge in [0.15, 0.2) is 5.78 Å². The summed E-state index contributed by atoms with van der Waals surface area (Å²) in [6.07, 6.45) is 14.3. The molecule has 21 rings (SSSR count). The molecule has 28 nitrogen and oxygen atoms in total. The third-order valence-electron chi connectivity index (χ3n) is 38.0. The molecule has 752 valence electrons.